The zero-order valence-electron chi connectivity index (χ0n) is 24.8. The van der Waals surface area contributed by atoms with Crippen LogP contribution in [0.15, 0.2) is 30.5 Å². The molecule has 228 valence electrons. The van der Waals surface area contributed by atoms with Gasteiger partial charge in [-0.1, -0.05) is 17.7 Å². The van der Waals surface area contributed by atoms with Crippen LogP contribution in [0.4, 0.5) is 11.6 Å². The molecule has 1 aliphatic heterocycles. The molecule has 0 radical (unpaired) electrons. The molecule has 2 fully saturated rings. The van der Waals surface area contributed by atoms with Gasteiger partial charge in [0.05, 0.1) is 35.4 Å². The lowest BCUT2D eigenvalue weighted by molar-refractivity contribution is -0.155. The number of halogens is 1. The van der Waals surface area contributed by atoms with Crippen molar-refractivity contribution in [1.82, 2.24) is 15.3 Å². The molecule has 2 aliphatic rings. The molecule has 10 nitrogen and oxygen atoms in total. The van der Waals surface area contributed by atoms with Crippen LogP contribution in [-0.4, -0.2) is 73.1 Å². The van der Waals surface area contributed by atoms with Crippen molar-refractivity contribution in [2.45, 2.75) is 83.5 Å². The van der Waals surface area contributed by atoms with Crippen molar-refractivity contribution in [2.75, 3.05) is 43.6 Å². The van der Waals surface area contributed by atoms with Gasteiger partial charge >= 0.3 is 5.97 Å². The second-order valence-corrected chi connectivity index (χ2v) is 11.7. The van der Waals surface area contributed by atoms with Gasteiger partial charge in [0, 0.05) is 49.6 Å². The molecule has 2 aromatic rings. The number of nitriles is 1. The second kappa shape index (κ2) is 15.5. The summed E-state index contributed by atoms with van der Waals surface area (Å²) in [5.74, 6) is 1.15. The van der Waals surface area contributed by atoms with Crippen molar-refractivity contribution in [3.8, 4) is 17.3 Å². The van der Waals surface area contributed by atoms with Crippen LogP contribution in [0.1, 0.15) is 59.3 Å². The summed E-state index contributed by atoms with van der Waals surface area (Å²) in [4.78, 5) is 21.1. The van der Waals surface area contributed by atoms with E-state index in [1.807, 2.05) is 24.3 Å². The second-order valence-electron chi connectivity index (χ2n) is 11.3. The van der Waals surface area contributed by atoms with Crippen LogP contribution in [0.3, 0.4) is 0 Å². The molecule has 1 saturated carbocycles. The third-order valence-electron chi connectivity index (χ3n) is 7.99. The van der Waals surface area contributed by atoms with Gasteiger partial charge in [0.1, 0.15) is 11.6 Å². The van der Waals surface area contributed by atoms with E-state index in [0.717, 1.165) is 42.8 Å². The smallest absolute Gasteiger partial charge is 0.334 e. The number of rotatable bonds is 13. The number of nitrogens with zero attached hydrogens (tertiary/aromatic N) is 3. The zero-order chi connectivity index (χ0) is 30.0. The molecule has 1 aliphatic carbocycles. The maximum atomic E-state index is 11.8. The summed E-state index contributed by atoms with van der Waals surface area (Å²) in [6.45, 7) is 8.13. The Labute approximate surface area is 253 Å². The molecule has 0 aromatic carbocycles. The molecule has 3 heterocycles. The third-order valence-corrected chi connectivity index (χ3v) is 8.29. The van der Waals surface area contributed by atoms with Crippen molar-refractivity contribution < 1.29 is 19.0 Å². The minimum Gasteiger partial charge on any atom is -0.464 e. The van der Waals surface area contributed by atoms with Crippen molar-refractivity contribution in [3.63, 3.8) is 0 Å². The Hall–Kier alpha value is -2.97. The predicted molar refractivity (Wildman–Crippen MR) is 163 cm³/mol. The largest absolute Gasteiger partial charge is 0.464 e. The minimum atomic E-state index is -0.562. The highest BCUT2D eigenvalue weighted by Gasteiger charge is 2.32. The first-order valence-electron chi connectivity index (χ1n) is 15.0. The first kappa shape index (κ1) is 32.0. The van der Waals surface area contributed by atoms with Gasteiger partial charge in [-0.2, -0.15) is 5.26 Å². The minimum absolute atomic E-state index is 0.136. The number of carbonyl (C=O) groups is 1. The number of carbonyl (C=O) groups excluding carboxylic acids is 1. The Bertz CT molecular complexity index is 1210. The van der Waals surface area contributed by atoms with Crippen LogP contribution in [-0.2, 0) is 19.0 Å². The normalized spacial score (nSPS) is 21.5. The first-order valence-corrected chi connectivity index (χ1v) is 15.4. The monoisotopic (exact) mass is 598 g/mol. The molecular formula is C31H43ClN6O4. The summed E-state index contributed by atoms with van der Waals surface area (Å²) in [5, 5.41) is 20.9. The summed E-state index contributed by atoms with van der Waals surface area (Å²) in [6, 6.07) is 11.1. The molecule has 2 atom stereocenters. The summed E-state index contributed by atoms with van der Waals surface area (Å²) >= 11 is 6.56. The van der Waals surface area contributed by atoms with Crippen LogP contribution in [0.5, 0.6) is 0 Å². The lowest BCUT2D eigenvalue weighted by Crippen LogP contribution is -2.43. The molecule has 2 aromatic heterocycles. The molecule has 3 N–H and O–H groups in total. The van der Waals surface area contributed by atoms with Crippen LogP contribution >= 0.6 is 11.6 Å². The van der Waals surface area contributed by atoms with Crippen LogP contribution in [0.25, 0.3) is 11.3 Å². The number of ether oxygens (including phenoxy) is 3. The molecular weight excluding hydrogens is 556 g/mol. The third kappa shape index (κ3) is 9.01. The Kier molecular flexibility index (Phi) is 11.8. The van der Waals surface area contributed by atoms with Gasteiger partial charge in [0.2, 0.25) is 0 Å². The Morgan fingerprint density at radius 1 is 1.19 bits per heavy atom. The molecule has 0 amide bonds. The van der Waals surface area contributed by atoms with E-state index >= 15 is 0 Å². The lowest BCUT2D eigenvalue weighted by Gasteiger charge is -2.32. The Balaban J connectivity index is 1.28. The summed E-state index contributed by atoms with van der Waals surface area (Å²) in [6.07, 6.45) is 6.60. The van der Waals surface area contributed by atoms with E-state index in [-0.39, 0.29) is 12.0 Å². The number of aromatic nitrogens is 2. The van der Waals surface area contributed by atoms with Gasteiger partial charge in [-0.25, -0.2) is 14.8 Å². The van der Waals surface area contributed by atoms with Crippen molar-refractivity contribution >= 4 is 29.2 Å². The molecule has 4 rings (SSSR count). The van der Waals surface area contributed by atoms with Crippen molar-refractivity contribution in [1.29, 1.82) is 5.26 Å². The van der Waals surface area contributed by atoms with E-state index in [1.54, 1.807) is 20.0 Å². The fourth-order valence-corrected chi connectivity index (χ4v) is 5.63. The molecule has 42 heavy (non-hydrogen) atoms. The average Bonchev–Trinajstić information content (AvgIpc) is 3.01. The van der Waals surface area contributed by atoms with E-state index in [9.17, 15) is 10.1 Å². The highest BCUT2D eigenvalue weighted by molar-refractivity contribution is 6.33. The SMILES string of the molecule is CCOC(=O)[C@H](C)OCC(C)NC1CCC(Nc2cc(-c3cccc(NCC4(C#N)CCOCC4)n3)c(Cl)cn2)CC1. The molecule has 11 heteroatoms. The average molecular weight is 599 g/mol. The Morgan fingerprint density at radius 2 is 1.93 bits per heavy atom. The number of nitrogens with one attached hydrogen (secondary N) is 3. The summed E-state index contributed by atoms with van der Waals surface area (Å²) < 4.78 is 16.1. The number of hydrogen-bond acceptors (Lipinski definition) is 10. The van der Waals surface area contributed by atoms with Crippen LogP contribution < -0.4 is 16.0 Å². The molecule has 1 saturated heterocycles. The summed E-state index contributed by atoms with van der Waals surface area (Å²) in [5.41, 5.74) is 1.11. The van der Waals surface area contributed by atoms with Crippen LogP contribution in [0.2, 0.25) is 5.02 Å². The highest BCUT2D eigenvalue weighted by atomic mass is 35.5. The maximum absolute atomic E-state index is 11.8. The maximum Gasteiger partial charge on any atom is 0.334 e. The quantitative estimate of drug-likeness (QED) is 0.264. The standard InChI is InChI=1S/C31H43ClN6O4/c1-4-41-30(39)22(3)42-18-21(2)36-23-8-10-24(11-9-23)37-29-16-25(26(32)17-34-29)27-6-5-7-28(38-27)35-20-31(19-33)12-14-40-15-13-31/h5-7,16-17,21-24,36H,4,8-15,18,20H2,1-3H3,(H,34,37)(H,35,38)/t21?,22-,23?,24?/m0/s1. The van der Waals surface area contributed by atoms with Crippen molar-refractivity contribution in [2.24, 2.45) is 5.41 Å². The van der Waals surface area contributed by atoms with Gasteiger partial charge < -0.3 is 30.2 Å². The van der Waals surface area contributed by atoms with E-state index in [0.29, 0.717) is 68.7 Å². The van der Waals surface area contributed by atoms with Gasteiger partial charge in [-0.05, 0) is 77.5 Å². The topological polar surface area (TPSA) is 130 Å². The van der Waals surface area contributed by atoms with E-state index in [4.69, 9.17) is 30.8 Å². The fraction of sp³-hybridized carbons (Fsp3) is 0.613. The van der Waals surface area contributed by atoms with Crippen molar-refractivity contribution in [3.05, 3.63) is 35.5 Å². The van der Waals surface area contributed by atoms with E-state index < -0.39 is 11.5 Å². The van der Waals surface area contributed by atoms with E-state index in [1.165, 1.54) is 0 Å². The highest BCUT2D eigenvalue weighted by Crippen LogP contribution is 2.32. The fourth-order valence-electron chi connectivity index (χ4n) is 5.43. The predicted octanol–water partition coefficient (Wildman–Crippen LogP) is 5.20. The Morgan fingerprint density at radius 3 is 2.64 bits per heavy atom. The van der Waals surface area contributed by atoms with Gasteiger partial charge in [0.25, 0.3) is 0 Å². The first-order chi connectivity index (χ1) is 20.3. The molecule has 0 bridgehead atoms. The number of esters is 1. The van der Waals surface area contributed by atoms with Gasteiger partial charge in [0.15, 0.2) is 6.10 Å². The molecule has 0 spiro atoms. The molecule has 1 unspecified atom stereocenters. The number of hydrogen-bond donors (Lipinski definition) is 3. The lowest BCUT2D eigenvalue weighted by atomic mass is 9.82. The summed E-state index contributed by atoms with van der Waals surface area (Å²) in [7, 11) is 0. The number of anilines is 2. The van der Waals surface area contributed by atoms with Gasteiger partial charge in [-0.15, -0.1) is 0 Å². The van der Waals surface area contributed by atoms with Gasteiger partial charge in [-0.3, -0.25) is 0 Å². The van der Waals surface area contributed by atoms with E-state index in [2.05, 4.69) is 33.9 Å². The van der Waals surface area contributed by atoms with Crippen LogP contribution in [0, 0.1) is 16.7 Å². The zero-order valence-corrected chi connectivity index (χ0v) is 25.6. The number of pyridine rings is 2.